The Kier molecular flexibility index (Phi) is 5.03. The maximum Gasteiger partial charge on any atom is 0.267 e. The first-order chi connectivity index (χ1) is 14.3. The van der Waals surface area contributed by atoms with Crippen LogP contribution in [0.5, 0.6) is 11.5 Å². The number of aryl methyl sites for hydroxylation is 3. The molecule has 0 radical (unpaired) electrons. The predicted molar refractivity (Wildman–Crippen MR) is 114 cm³/mol. The van der Waals surface area contributed by atoms with Crippen LogP contribution < -0.4 is 20.3 Å². The molecule has 2 heterocycles. The molecule has 4 rings (SSSR count). The lowest BCUT2D eigenvalue weighted by atomic mass is 10.0. The summed E-state index contributed by atoms with van der Waals surface area (Å²) >= 11 is 0. The quantitative estimate of drug-likeness (QED) is 0.715. The molecule has 3 aromatic rings. The Bertz CT molecular complexity index is 1180. The zero-order valence-corrected chi connectivity index (χ0v) is 17.4. The molecule has 0 spiro atoms. The summed E-state index contributed by atoms with van der Waals surface area (Å²) in [6.07, 6.45) is 0. The number of rotatable bonds is 4. The summed E-state index contributed by atoms with van der Waals surface area (Å²) in [6.45, 7) is 7.75. The zero-order chi connectivity index (χ0) is 21.4. The highest BCUT2D eigenvalue weighted by Crippen LogP contribution is 2.35. The number of nitrogens with zero attached hydrogens (tertiary/aromatic N) is 2. The number of benzene rings is 2. The van der Waals surface area contributed by atoms with Crippen molar-refractivity contribution in [3.8, 4) is 22.8 Å². The van der Waals surface area contributed by atoms with Gasteiger partial charge in [-0.15, -0.1) is 0 Å². The third kappa shape index (κ3) is 3.66. The maximum absolute atomic E-state index is 12.9. The number of carbonyl (C=O) groups is 1. The molecule has 7 heteroatoms. The normalized spacial score (nSPS) is 13.2. The summed E-state index contributed by atoms with van der Waals surface area (Å²) < 4.78 is 12.0. The van der Waals surface area contributed by atoms with Gasteiger partial charge < -0.3 is 14.8 Å². The first-order valence-corrected chi connectivity index (χ1v) is 9.72. The van der Waals surface area contributed by atoms with Gasteiger partial charge in [-0.05, 0) is 63.1 Å². The van der Waals surface area contributed by atoms with E-state index in [0.29, 0.717) is 17.2 Å². The first-order valence-electron chi connectivity index (χ1n) is 9.72. The van der Waals surface area contributed by atoms with Crippen molar-refractivity contribution >= 4 is 11.6 Å². The lowest BCUT2D eigenvalue weighted by Crippen LogP contribution is -2.33. The van der Waals surface area contributed by atoms with E-state index in [1.165, 1.54) is 10.7 Å². The van der Waals surface area contributed by atoms with Crippen molar-refractivity contribution in [1.82, 2.24) is 9.78 Å². The van der Waals surface area contributed by atoms with Crippen molar-refractivity contribution in [2.75, 3.05) is 12.1 Å². The summed E-state index contributed by atoms with van der Waals surface area (Å²) in [7, 11) is 0. The average Bonchev–Trinajstić information content (AvgIpc) is 3.18. The Morgan fingerprint density at radius 1 is 1.03 bits per heavy atom. The molecule has 154 valence electrons. The van der Waals surface area contributed by atoms with Crippen LogP contribution in [-0.2, 0) is 4.79 Å². The van der Waals surface area contributed by atoms with Gasteiger partial charge in [0.25, 0.3) is 5.56 Å². The standard InChI is InChI=1S/C23H23N3O4/c1-13-9-14(2)22(15(3)10-13)24-23(28)16(4)26-21(27)8-6-18(25-26)17-5-7-19-20(11-17)30-12-29-19/h5-11,16H,12H2,1-4H3,(H,24,28). The fourth-order valence-electron chi connectivity index (χ4n) is 3.63. The third-order valence-electron chi connectivity index (χ3n) is 5.16. The lowest BCUT2D eigenvalue weighted by Gasteiger charge is -2.18. The molecule has 1 atom stereocenters. The summed E-state index contributed by atoms with van der Waals surface area (Å²) in [5, 5.41) is 7.39. The zero-order valence-electron chi connectivity index (χ0n) is 17.4. The van der Waals surface area contributed by atoms with Crippen LogP contribution in [0.3, 0.4) is 0 Å². The van der Waals surface area contributed by atoms with Crippen LogP contribution in [-0.4, -0.2) is 22.5 Å². The molecule has 7 nitrogen and oxygen atoms in total. The van der Waals surface area contributed by atoms with Crippen molar-refractivity contribution in [2.45, 2.75) is 33.7 Å². The van der Waals surface area contributed by atoms with Crippen molar-refractivity contribution in [2.24, 2.45) is 0 Å². The van der Waals surface area contributed by atoms with E-state index >= 15 is 0 Å². The number of nitrogens with one attached hydrogen (secondary N) is 1. The second-order valence-corrected chi connectivity index (χ2v) is 7.51. The van der Waals surface area contributed by atoms with Gasteiger partial charge in [-0.1, -0.05) is 17.7 Å². The summed E-state index contributed by atoms with van der Waals surface area (Å²) in [5.74, 6) is 0.995. The summed E-state index contributed by atoms with van der Waals surface area (Å²) in [4.78, 5) is 25.4. The molecule has 1 aromatic heterocycles. The van der Waals surface area contributed by atoms with E-state index in [-0.39, 0.29) is 18.3 Å². The molecule has 0 fully saturated rings. The molecule has 0 saturated heterocycles. The molecule has 2 aromatic carbocycles. The van der Waals surface area contributed by atoms with Crippen LogP contribution in [0.2, 0.25) is 0 Å². The molecule has 0 aliphatic carbocycles. The van der Waals surface area contributed by atoms with Crippen LogP contribution in [0.1, 0.15) is 29.7 Å². The van der Waals surface area contributed by atoms with Crippen molar-refractivity contribution in [3.63, 3.8) is 0 Å². The Labute approximate surface area is 174 Å². The van der Waals surface area contributed by atoms with E-state index in [1.807, 2.05) is 45.0 Å². The predicted octanol–water partition coefficient (Wildman–Crippen LogP) is 3.76. The SMILES string of the molecule is Cc1cc(C)c(NC(=O)C(C)n2nc(-c3ccc4c(c3)OCO4)ccc2=O)c(C)c1. The van der Waals surface area contributed by atoms with E-state index < -0.39 is 6.04 Å². The van der Waals surface area contributed by atoms with Crippen molar-refractivity contribution in [3.05, 3.63) is 69.5 Å². The van der Waals surface area contributed by atoms with E-state index in [1.54, 1.807) is 19.1 Å². The van der Waals surface area contributed by atoms with Crippen molar-refractivity contribution in [1.29, 1.82) is 0 Å². The Hall–Kier alpha value is -3.61. The van der Waals surface area contributed by atoms with Gasteiger partial charge in [0.1, 0.15) is 6.04 Å². The molecular formula is C23H23N3O4. The number of hydrogen-bond donors (Lipinski definition) is 1. The number of ether oxygens (including phenoxy) is 2. The van der Waals surface area contributed by atoms with Crippen LogP contribution in [0.4, 0.5) is 5.69 Å². The van der Waals surface area contributed by atoms with Gasteiger partial charge in [0.05, 0.1) is 5.69 Å². The molecule has 1 N–H and O–H groups in total. The fourth-order valence-corrected chi connectivity index (χ4v) is 3.63. The van der Waals surface area contributed by atoms with Crippen LogP contribution in [0, 0.1) is 20.8 Å². The Morgan fingerprint density at radius 2 is 1.73 bits per heavy atom. The van der Waals surface area contributed by atoms with Gasteiger partial charge in [-0.25, -0.2) is 4.68 Å². The van der Waals surface area contributed by atoms with Crippen LogP contribution in [0.25, 0.3) is 11.3 Å². The number of aromatic nitrogens is 2. The minimum atomic E-state index is -0.786. The van der Waals surface area contributed by atoms with Gasteiger partial charge in [-0.2, -0.15) is 5.10 Å². The van der Waals surface area contributed by atoms with Gasteiger partial charge in [-0.3, -0.25) is 9.59 Å². The highest BCUT2D eigenvalue weighted by Gasteiger charge is 2.20. The monoisotopic (exact) mass is 405 g/mol. The Morgan fingerprint density at radius 3 is 2.47 bits per heavy atom. The molecule has 1 unspecified atom stereocenters. The van der Waals surface area contributed by atoms with Crippen LogP contribution in [0.15, 0.2) is 47.3 Å². The minimum Gasteiger partial charge on any atom is -0.454 e. The largest absolute Gasteiger partial charge is 0.454 e. The second-order valence-electron chi connectivity index (χ2n) is 7.51. The number of anilines is 1. The van der Waals surface area contributed by atoms with Gasteiger partial charge in [0.15, 0.2) is 11.5 Å². The van der Waals surface area contributed by atoms with Crippen molar-refractivity contribution < 1.29 is 14.3 Å². The molecule has 0 bridgehead atoms. The molecule has 1 amide bonds. The minimum absolute atomic E-state index is 0.181. The van der Waals surface area contributed by atoms with E-state index in [0.717, 1.165) is 27.9 Å². The number of hydrogen-bond acceptors (Lipinski definition) is 5. The third-order valence-corrected chi connectivity index (χ3v) is 5.16. The molecular weight excluding hydrogens is 382 g/mol. The molecule has 30 heavy (non-hydrogen) atoms. The number of fused-ring (bicyclic) bond motifs is 1. The first kappa shape index (κ1) is 19.7. The van der Waals surface area contributed by atoms with Gasteiger partial charge >= 0.3 is 0 Å². The van der Waals surface area contributed by atoms with E-state index in [2.05, 4.69) is 10.4 Å². The lowest BCUT2D eigenvalue weighted by molar-refractivity contribution is -0.119. The molecule has 0 saturated carbocycles. The summed E-state index contributed by atoms with van der Waals surface area (Å²) in [5.41, 5.74) is 4.83. The maximum atomic E-state index is 12.9. The van der Waals surface area contributed by atoms with Crippen LogP contribution >= 0.6 is 0 Å². The van der Waals surface area contributed by atoms with E-state index in [4.69, 9.17) is 9.47 Å². The highest BCUT2D eigenvalue weighted by molar-refractivity contribution is 5.94. The number of carbonyl (C=O) groups excluding carboxylic acids is 1. The van der Waals surface area contributed by atoms with E-state index in [9.17, 15) is 9.59 Å². The molecule has 1 aliphatic heterocycles. The Balaban J connectivity index is 1.63. The summed E-state index contributed by atoms with van der Waals surface area (Å²) in [6, 6.07) is 11.7. The smallest absolute Gasteiger partial charge is 0.267 e. The fraction of sp³-hybridized carbons (Fsp3) is 0.261. The highest BCUT2D eigenvalue weighted by atomic mass is 16.7. The number of amides is 1. The van der Waals surface area contributed by atoms with Gasteiger partial charge in [0.2, 0.25) is 12.7 Å². The second kappa shape index (κ2) is 7.67. The topological polar surface area (TPSA) is 82.5 Å². The molecule has 1 aliphatic rings. The van der Waals surface area contributed by atoms with Gasteiger partial charge in [0, 0.05) is 17.3 Å². The average molecular weight is 405 g/mol.